The summed E-state index contributed by atoms with van der Waals surface area (Å²) in [5.74, 6) is 1.31. The van der Waals surface area contributed by atoms with Gasteiger partial charge in [-0.25, -0.2) is 0 Å². The second-order valence-electron chi connectivity index (χ2n) is 4.35. The molecule has 20 heavy (non-hydrogen) atoms. The molecule has 0 saturated carbocycles. The monoisotopic (exact) mass is 277 g/mol. The van der Waals surface area contributed by atoms with Gasteiger partial charge in [0.2, 0.25) is 0 Å². The van der Waals surface area contributed by atoms with Crippen molar-refractivity contribution < 1.29 is 4.74 Å². The molecule has 0 fully saturated rings. The van der Waals surface area contributed by atoms with Gasteiger partial charge in [-0.2, -0.15) is 0 Å². The lowest BCUT2D eigenvalue weighted by Crippen LogP contribution is -2.26. The van der Waals surface area contributed by atoms with E-state index in [1.54, 1.807) is 20.4 Å². The van der Waals surface area contributed by atoms with Gasteiger partial charge in [-0.3, -0.25) is 4.99 Å². The molecule has 0 aliphatic carbocycles. The SMILES string of the molecule is C/C=C\NC(=NC)Nc1cc(N)c(N(C)C)cc1OC. The molecule has 6 nitrogen and oxygen atoms in total. The van der Waals surface area contributed by atoms with E-state index in [2.05, 4.69) is 15.6 Å². The Morgan fingerprint density at radius 1 is 1.40 bits per heavy atom. The predicted molar refractivity (Wildman–Crippen MR) is 86.7 cm³/mol. The van der Waals surface area contributed by atoms with Crippen molar-refractivity contribution in [1.29, 1.82) is 0 Å². The average Bonchev–Trinajstić information content (AvgIpc) is 2.43. The van der Waals surface area contributed by atoms with Crippen LogP contribution >= 0.6 is 0 Å². The van der Waals surface area contributed by atoms with E-state index < -0.39 is 0 Å². The number of allylic oxidation sites excluding steroid dienone is 1. The first-order valence-electron chi connectivity index (χ1n) is 6.29. The van der Waals surface area contributed by atoms with Crippen LogP contribution in [0.2, 0.25) is 0 Å². The summed E-state index contributed by atoms with van der Waals surface area (Å²) in [5.41, 5.74) is 8.38. The Morgan fingerprint density at radius 2 is 2.10 bits per heavy atom. The molecule has 1 aromatic carbocycles. The zero-order valence-corrected chi connectivity index (χ0v) is 12.7. The minimum Gasteiger partial charge on any atom is -0.494 e. The van der Waals surface area contributed by atoms with Crippen molar-refractivity contribution in [1.82, 2.24) is 5.32 Å². The Bertz CT molecular complexity index is 509. The van der Waals surface area contributed by atoms with Crippen LogP contribution in [0.3, 0.4) is 0 Å². The fraction of sp³-hybridized carbons (Fsp3) is 0.357. The van der Waals surface area contributed by atoms with Gasteiger partial charge in [0.15, 0.2) is 5.96 Å². The smallest absolute Gasteiger partial charge is 0.199 e. The van der Waals surface area contributed by atoms with Crippen molar-refractivity contribution in [3.63, 3.8) is 0 Å². The summed E-state index contributed by atoms with van der Waals surface area (Å²) in [6, 6.07) is 3.72. The molecule has 0 aliphatic heterocycles. The molecule has 0 atom stereocenters. The first-order valence-corrected chi connectivity index (χ1v) is 6.29. The number of methoxy groups -OCH3 is 1. The molecule has 4 N–H and O–H groups in total. The number of nitrogens with one attached hydrogen (secondary N) is 2. The summed E-state index contributed by atoms with van der Waals surface area (Å²) in [6.45, 7) is 1.92. The number of benzene rings is 1. The second kappa shape index (κ2) is 7.28. The van der Waals surface area contributed by atoms with Crippen LogP contribution in [-0.4, -0.2) is 34.2 Å². The maximum atomic E-state index is 6.05. The number of anilines is 3. The van der Waals surface area contributed by atoms with Gasteiger partial charge < -0.3 is 26.0 Å². The van der Waals surface area contributed by atoms with Crippen LogP contribution in [0.1, 0.15) is 6.92 Å². The van der Waals surface area contributed by atoms with E-state index in [1.165, 1.54) is 0 Å². The van der Waals surface area contributed by atoms with Gasteiger partial charge in [-0.15, -0.1) is 0 Å². The second-order valence-corrected chi connectivity index (χ2v) is 4.35. The zero-order chi connectivity index (χ0) is 15.1. The summed E-state index contributed by atoms with van der Waals surface area (Å²) in [5, 5.41) is 6.18. The molecule has 0 saturated heterocycles. The quantitative estimate of drug-likeness (QED) is 0.445. The fourth-order valence-corrected chi connectivity index (χ4v) is 1.69. The van der Waals surface area contributed by atoms with Crippen LogP contribution in [0.25, 0.3) is 0 Å². The molecule has 0 unspecified atom stereocenters. The van der Waals surface area contributed by atoms with Gasteiger partial charge in [-0.05, 0) is 19.2 Å². The minimum atomic E-state index is 0.610. The largest absolute Gasteiger partial charge is 0.494 e. The molecule has 0 bridgehead atoms. The number of rotatable bonds is 4. The van der Waals surface area contributed by atoms with Gasteiger partial charge in [0, 0.05) is 27.2 Å². The highest BCUT2D eigenvalue weighted by molar-refractivity contribution is 5.96. The van der Waals surface area contributed by atoms with Crippen molar-refractivity contribution in [2.45, 2.75) is 6.92 Å². The summed E-state index contributed by atoms with van der Waals surface area (Å²) < 4.78 is 5.40. The van der Waals surface area contributed by atoms with Crippen molar-refractivity contribution in [3.8, 4) is 5.75 Å². The van der Waals surface area contributed by atoms with Gasteiger partial charge >= 0.3 is 0 Å². The van der Waals surface area contributed by atoms with Crippen molar-refractivity contribution in [2.75, 3.05) is 44.2 Å². The highest BCUT2D eigenvalue weighted by atomic mass is 16.5. The van der Waals surface area contributed by atoms with Crippen LogP contribution in [0, 0.1) is 0 Å². The lowest BCUT2D eigenvalue weighted by Gasteiger charge is -2.19. The normalized spacial score (nSPS) is 11.6. The zero-order valence-electron chi connectivity index (χ0n) is 12.7. The third kappa shape index (κ3) is 3.81. The molecule has 1 aromatic rings. The fourth-order valence-electron chi connectivity index (χ4n) is 1.69. The molecule has 0 aliphatic rings. The lowest BCUT2D eigenvalue weighted by atomic mass is 10.2. The van der Waals surface area contributed by atoms with E-state index in [9.17, 15) is 0 Å². The number of hydrogen-bond acceptors (Lipinski definition) is 4. The summed E-state index contributed by atoms with van der Waals surface area (Å²) in [4.78, 5) is 6.06. The van der Waals surface area contributed by atoms with Crippen LogP contribution in [-0.2, 0) is 0 Å². The summed E-state index contributed by atoms with van der Waals surface area (Å²) in [7, 11) is 7.19. The van der Waals surface area contributed by atoms with Crippen molar-refractivity contribution in [2.24, 2.45) is 4.99 Å². The van der Waals surface area contributed by atoms with E-state index in [-0.39, 0.29) is 0 Å². The van der Waals surface area contributed by atoms with Gasteiger partial charge in [0.1, 0.15) is 5.75 Å². The molecule has 0 aromatic heterocycles. The summed E-state index contributed by atoms with van der Waals surface area (Å²) in [6.07, 6.45) is 3.67. The maximum Gasteiger partial charge on any atom is 0.199 e. The third-order valence-corrected chi connectivity index (χ3v) is 2.69. The Kier molecular flexibility index (Phi) is 5.71. The molecule has 0 amide bonds. The molecule has 6 heteroatoms. The number of aliphatic imine (C=N–C) groups is 1. The highest BCUT2D eigenvalue weighted by Gasteiger charge is 2.11. The standard InChI is InChI=1S/C14H23N5O/c1-6-7-17-14(16-2)18-11-8-10(15)12(19(3)4)9-13(11)20-5/h6-9H,15H2,1-5H3,(H2,16,17,18)/b7-6-. The molecular weight excluding hydrogens is 254 g/mol. The van der Waals surface area contributed by atoms with Crippen LogP contribution < -0.4 is 26.0 Å². The summed E-state index contributed by atoms with van der Waals surface area (Å²) >= 11 is 0. The Balaban J connectivity index is 3.08. The first kappa shape index (κ1) is 15.7. The van der Waals surface area contributed by atoms with Crippen molar-refractivity contribution >= 4 is 23.0 Å². The highest BCUT2D eigenvalue weighted by Crippen LogP contribution is 2.34. The van der Waals surface area contributed by atoms with Gasteiger partial charge in [-0.1, -0.05) is 6.08 Å². The number of nitrogens with zero attached hydrogens (tertiary/aromatic N) is 2. The van der Waals surface area contributed by atoms with E-state index in [4.69, 9.17) is 10.5 Å². The number of nitrogens with two attached hydrogens (primary N) is 1. The van der Waals surface area contributed by atoms with E-state index >= 15 is 0 Å². The molecule has 0 spiro atoms. The Labute approximate surface area is 120 Å². The van der Waals surface area contributed by atoms with Crippen molar-refractivity contribution in [3.05, 3.63) is 24.4 Å². The average molecular weight is 277 g/mol. The minimum absolute atomic E-state index is 0.610. The number of ether oxygens (including phenoxy) is 1. The third-order valence-electron chi connectivity index (χ3n) is 2.69. The van der Waals surface area contributed by atoms with Gasteiger partial charge in [0.05, 0.1) is 24.2 Å². The van der Waals surface area contributed by atoms with Crippen LogP contribution in [0.15, 0.2) is 29.4 Å². The number of nitrogen functional groups attached to an aromatic ring is 1. The van der Waals surface area contributed by atoms with E-state index in [0.717, 1.165) is 11.4 Å². The topological polar surface area (TPSA) is 74.9 Å². The number of hydrogen-bond donors (Lipinski definition) is 3. The van der Waals surface area contributed by atoms with E-state index in [0.29, 0.717) is 17.4 Å². The molecule has 0 radical (unpaired) electrons. The first-order chi connectivity index (χ1) is 9.53. The van der Waals surface area contributed by atoms with Gasteiger partial charge in [0.25, 0.3) is 0 Å². The predicted octanol–water partition coefficient (Wildman–Crippen LogP) is 1.86. The Morgan fingerprint density at radius 3 is 2.60 bits per heavy atom. The molecule has 0 heterocycles. The molecular formula is C14H23N5O. The molecule has 110 valence electrons. The van der Waals surface area contributed by atoms with Crippen LogP contribution in [0.5, 0.6) is 5.75 Å². The Hall–Kier alpha value is -2.37. The lowest BCUT2D eigenvalue weighted by molar-refractivity contribution is 0.417. The maximum absolute atomic E-state index is 6.05. The van der Waals surface area contributed by atoms with E-state index in [1.807, 2.05) is 44.1 Å². The molecule has 1 rings (SSSR count). The number of guanidine groups is 1. The van der Waals surface area contributed by atoms with Crippen LogP contribution in [0.4, 0.5) is 17.1 Å².